The molecule has 6 heteroatoms. The lowest BCUT2D eigenvalue weighted by Crippen LogP contribution is -2.40. The molecule has 1 N–H and O–H groups in total. The van der Waals surface area contributed by atoms with Crippen molar-refractivity contribution >= 4 is 15.9 Å². The van der Waals surface area contributed by atoms with Gasteiger partial charge in [0.15, 0.2) is 0 Å². The minimum Gasteiger partial charge on any atom is -0.355 e. The Morgan fingerprint density at radius 1 is 1.24 bits per heavy atom. The number of amides is 1. The number of carbonyl (C=O) groups excluding carboxylic acids is 1. The summed E-state index contributed by atoms with van der Waals surface area (Å²) < 4.78 is 24.2. The van der Waals surface area contributed by atoms with Crippen molar-refractivity contribution in [3.63, 3.8) is 0 Å². The summed E-state index contributed by atoms with van der Waals surface area (Å²) in [5.41, 5.74) is 1.23. The summed E-state index contributed by atoms with van der Waals surface area (Å²) in [6.45, 7) is 2.71. The van der Waals surface area contributed by atoms with Crippen molar-refractivity contribution in [1.29, 1.82) is 0 Å². The van der Waals surface area contributed by atoms with E-state index in [0.717, 1.165) is 19.1 Å². The predicted molar refractivity (Wildman–Crippen MR) is 84.5 cm³/mol. The van der Waals surface area contributed by atoms with Gasteiger partial charge in [0.25, 0.3) is 0 Å². The maximum absolute atomic E-state index is 11.8. The van der Waals surface area contributed by atoms with Crippen LogP contribution < -0.4 is 5.32 Å². The Bertz CT molecular complexity index is 529. The summed E-state index contributed by atoms with van der Waals surface area (Å²) in [6.07, 6.45) is 3.55. The third kappa shape index (κ3) is 7.24. The van der Waals surface area contributed by atoms with Crippen molar-refractivity contribution in [2.75, 3.05) is 25.9 Å². The summed E-state index contributed by atoms with van der Waals surface area (Å²) in [4.78, 5) is 11.8. The number of carbonyl (C=O) groups is 1. The number of hydrogen-bond donors (Lipinski definition) is 1. The van der Waals surface area contributed by atoms with E-state index in [1.165, 1.54) is 9.87 Å². The van der Waals surface area contributed by atoms with Gasteiger partial charge < -0.3 is 5.32 Å². The molecule has 21 heavy (non-hydrogen) atoms. The van der Waals surface area contributed by atoms with Crippen molar-refractivity contribution in [3.8, 4) is 0 Å². The van der Waals surface area contributed by atoms with Crippen molar-refractivity contribution in [3.05, 3.63) is 35.9 Å². The van der Waals surface area contributed by atoms with E-state index in [1.54, 1.807) is 0 Å². The summed E-state index contributed by atoms with van der Waals surface area (Å²) >= 11 is 0. The molecule has 0 aliphatic heterocycles. The summed E-state index contributed by atoms with van der Waals surface area (Å²) in [5, 5.41) is 2.77. The highest BCUT2D eigenvalue weighted by Gasteiger charge is 2.18. The Labute approximate surface area is 127 Å². The van der Waals surface area contributed by atoms with Gasteiger partial charge in [0.05, 0.1) is 12.8 Å². The molecule has 1 rings (SSSR count). The fourth-order valence-electron chi connectivity index (χ4n) is 1.99. The van der Waals surface area contributed by atoms with Crippen molar-refractivity contribution in [1.82, 2.24) is 9.62 Å². The molecule has 0 saturated carbocycles. The lowest BCUT2D eigenvalue weighted by molar-refractivity contribution is -0.121. The average molecular weight is 312 g/mol. The molecule has 0 aliphatic rings. The molecular weight excluding hydrogens is 288 g/mol. The van der Waals surface area contributed by atoms with Crippen molar-refractivity contribution < 1.29 is 13.2 Å². The maximum Gasteiger partial charge on any atom is 0.235 e. The van der Waals surface area contributed by atoms with Crippen LogP contribution in [0.2, 0.25) is 0 Å². The van der Waals surface area contributed by atoms with E-state index in [2.05, 4.69) is 17.4 Å². The highest BCUT2D eigenvalue weighted by molar-refractivity contribution is 7.88. The fourth-order valence-corrected chi connectivity index (χ4v) is 2.86. The van der Waals surface area contributed by atoms with Gasteiger partial charge in [-0.3, -0.25) is 4.79 Å². The van der Waals surface area contributed by atoms with Crippen LogP contribution in [-0.2, 0) is 21.2 Å². The van der Waals surface area contributed by atoms with E-state index in [-0.39, 0.29) is 12.5 Å². The molecular formula is C15H24N2O3S. The minimum atomic E-state index is -3.32. The Kier molecular flexibility index (Phi) is 7.39. The second-order valence-electron chi connectivity index (χ2n) is 5.04. The molecule has 5 nitrogen and oxygen atoms in total. The van der Waals surface area contributed by atoms with Gasteiger partial charge in [0.1, 0.15) is 0 Å². The number of sulfonamides is 1. The van der Waals surface area contributed by atoms with Gasteiger partial charge in [-0.2, -0.15) is 4.31 Å². The van der Waals surface area contributed by atoms with E-state index < -0.39 is 10.0 Å². The van der Waals surface area contributed by atoms with Crippen LogP contribution in [0.25, 0.3) is 0 Å². The molecule has 0 fully saturated rings. The van der Waals surface area contributed by atoms with Crippen LogP contribution in [0.4, 0.5) is 0 Å². The summed E-state index contributed by atoms with van der Waals surface area (Å²) in [7, 11) is -3.32. The largest absolute Gasteiger partial charge is 0.355 e. The molecule has 1 aromatic carbocycles. The monoisotopic (exact) mass is 312 g/mol. The van der Waals surface area contributed by atoms with Crippen LogP contribution in [0.1, 0.15) is 25.3 Å². The second-order valence-corrected chi connectivity index (χ2v) is 7.02. The number of benzene rings is 1. The van der Waals surface area contributed by atoms with E-state index in [9.17, 15) is 13.2 Å². The maximum atomic E-state index is 11.8. The van der Waals surface area contributed by atoms with E-state index in [1.807, 2.05) is 25.1 Å². The van der Waals surface area contributed by atoms with E-state index >= 15 is 0 Å². The molecule has 0 radical (unpaired) electrons. The van der Waals surface area contributed by atoms with Crippen LogP contribution in [0.3, 0.4) is 0 Å². The van der Waals surface area contributed by atoms with Gasteiger partial charge in [-0.1, -0.05) is 37.3 Å². The molecule has 0 atom stereocenters. The third-order valence-electron chi connectivity index (χ3n) is 3.07. The average Bonchev–Trinajstić information content (AvgIpc) is 2.43. The first-order chi connectivity index (χ1) is 9.93. The lowest BCUT2D eigenvalue weighted by atomic mass is 10.1. The number of nitrogens with one attached hydrogen (secondary N) is 1. The Balaban J connectivity index is 2.30. The second kappa shape index (κ2) is 8.79. The quantitative estimate of drug-likeness (QED) is 0.701. The zero-order valence-electron chi connectivity index (χ0n) is 12.7. The SMILES string of the molecule is CCCN(CC(=O)NCCCc1ccccc1)S(C)(=O)=O. The smallest absolute Gasteiger partial charge is 0.235 e. The van der Waals surface area contributed by atoms with Gasteiger partial charge in [-0.15, -0.1) is 0 Å². The number of nitrogens with zero attached hydrogens (tertiary/aromatic N) is 1. The standard InChI is InChI=1S/C15H24N2O3S/c1-3-12-17(21(2,19)20)13-15(18)16-11-7-10-14-8-5-4-6-9-14/h4-6,8-9H,3,7,10-13H2,1-2H3,(H,16,18). The van der Waals surface area contributed by atoms with Crippen LogP contribution >= 0.6 is 0 Å². The zero-order valence-corrected chi connectivity index (χ0v) is 13.5. The highest BCUT2D eigenvalue weighted by atomic mass is 32.2. The Hall–Kier alpha value is -1.40. The number of aryl methyl sites for hydroxylation is 1. The first-order valence-corrected chi connectivity index (χ1v) is 9.04. The van der Waals surface area contributed by atoms with Crippen molar-refractivity contribution in [2.45, 2.75) is 26.2 Å². The molecule has 0 heterocycles. The molecule has 1 amide bonds. The van der Waals surface area contributed by atoms with Crippen LogP contribution in [0.15, 0.2) is 30.3 Å². The number of rotatable bonds is 9. The van der Waals surface area contributed by atoms with Gasteiger partial charge >= 0.3 is 0 Å². The van der Waals surface area contributed by atoms with Gasteiger partial charge in [0, 0.05) is 13.1 Å². The van der Waals surface area contributed by atoms with Crippen LogP contribution in [0, 0.1) is 0 Å². The van der Waals surface area contributed by atoms with Crippen LogP contribution in [0.5, 0.6) is 0 Å². The first kappa shape index (κ1) is 17.7. The fraction of sp³-hybridized carbons (Fsp3) is 0.533. The Morgan fingerprint density at radius 3 is 2.48 bits per heavy atom. The van der Waals surface area contributed by atoms with Gasteiger partial charge in [-0.25, -0.2) is 8.42 Å². The molecule has 0 bridgehead atoms. The molecule has 0 saturated heterocycles. The summed E-state index contributed by atoms with van der Waals surface area (Å²) in [6, 6.07) is 10.0. The van der Waals surface area contributed by atoms with Gasteiger partial charge in [0.2, 0.25) is 15.9 Å². The molecule has 0 aliphatic carbocycles. The predicted octanol–water partition coefficient (Wildman–Crippen LogP) is 1.41. The van der Waals surface area contributed by atoms with Crippen LogP contribution in [-0.4, -0.2) is 44.5 Å². The number of hydrogen-bond acceptors (Lipinski definition) is 3. The molecule has 0 spiro atoms. The normalized spacial score (nSPS) is 11.6. The molecule has 1 aromatic rings. The molecule has 0 unspecified atom stereocenters. The molecule has 118 valence electrons. The summed E-state index contributed by atoms with van der Waals surface area (Å²) in [5.74, 6) is -0.248. The third-order valence-corrected chi connectivity index (χ3v) is 4.32. The molecule has 0 aromatic heterocycles. The first-order valence-electron chi connectivity index (χ1n) is 7.19. The van der Waals surface area contributed by atoms with Gasteiger partial charge in [-0.05, 0) is 24.8 Å². The highest BCUT2D eigenvalue weighted by Crippen LogP contribution is 2.02. The van der Waals surface area contributed by atoms with Crippen molar-refractivity contribution in [2.24, 2.45) is 0 Å². The topological polar surface area (TPSA) is 66.5 Å². The van der Waals surface area contributed by atoms with E-state index in [0.29, 0.717) is 19.5 Å². The lowest BCUT2D eigenvalue weighted by Gasteiger charge is -2.18. The van der Waals surface area contributed by atoms with E-state index in [4.69, 9.17) is 0 Å². The zero-order chi connectivity index (χ0) is 15.7. The minimum absolute atomic E-state index is 0.0992. The Morgan fingerprint density at radius 2 is 1.90 bits per heavy atom.